The van der Waals surface area contributed by atoms with Crippen LogP contribution in [0.3, 0.4) is 0 Å². The number of aromatic nitrogens is 1. The average Bonchev–Trinajstić information content (AvgIpc) is 2.38. The van der Waals surface area contributed by atoms with E-state index in [2.05, 4.69) is 0 Å². The average molecular weight is 268 g/mol. The first-order valence-electron chi connectivity index (χ1n) is 5.51. The quantitative estimate of drug-likeness (QED) is 0.908. The molecule has 2 N–H and O–H groups in total. The maximum Gasteiger partial charge on any atom is 0.416 e. The van der Waals surface area contributed by atoms with Crippen LogP contribution in [-0.2, 0) is 12.7 Å². The first kappa shape index (κ1) is 13.4. The predicted octanol–water partition coefficient (Wildman–Crippen LogP) is 2.32. The number of rotatable bonds is 2. The van der Waals surface area contributed by atoms with Crippen molar-refractivity contribution in [3.8, 4) is 5.69 Å². The van der Waals surface area contributed by atoms with Crippen LogP contribution in [0.2, 0.25) is 0 Å². The summed E-state index contributed by atoms with van der Waals surface area (Å²) in [7, 11) is 0. The SMILES string of the molecule is NCc1cccn(-c2cccc(C(F)(F)F)c2)c1=O. The molecule has 0 saturated carbocycles. The van der Waals surface area contributed by atoms with E-state index in [-0.39, 0.29) is 12.2 Å². The number of hydrogen-bond acceptors (Lipinski definition) is 2. The van der Waals surface area contributed by atoms with E-state index < -0.39 is 17.3 Å². The zero-order valence-electron chi connectivity index (χ0n) is 9.82. The van der Waals surface area contributed by atoms with E-state index in [1.807, 2.05) is 0 Å². The molecule has 0 aliphatic carbocycles. The van der Waals surface area contributed by atoms with Crippen molar-refractivity contribution in [3.05, 3.63) is 64.1 Å². The van der Waals surface area contributed by atoms with Gasteiger partial charge in [-0.1, -0.05) is 12.1 Å². The highest BCUT2D eigenvalue weighted by molar-refractivity contribution is 5.38. The summed E-state index contributed by atoms with van der Waals surface area (Å²) in [5.41, 5.74) is 4.70. The molecule has 2 aromatic rings. The van der Waals surface area contributed by atoms with Gasteiger partial charge in [0.1, 0.15) is 0 Å². The summed E-state index contributed by atoms with van der Waals surface area (Å²) in [4.78, 5) is 12.0. The molecule has 2 rings (SSSR count). The fourth-order valence-electron chi connectivity index (χ4n) is 1.73. The van der Waals surface area contributed by atoms with E-state index in [0.29, 0.717) is 5.56 Å². The molecule has 3 nitrogen and oxygen atoms in total. The van der Waals surface area contributed by atoms with Crippen LogP contribution in [0.15, 0.2) is 47.4 Å². The maximum absolute atomic E-state index is 12.6. The molecule has 0 aliphatic rings. The molecule has 0 fully saturated rings. The summed E-state index contributed by atoms with van der Waals surface area (Å²) >= 11 is 0. The van der Waals surface area contributed by atoms with Crippen LogP contribution >= 0.6 is 0 Å². The van der Waals surface area contributed by atoms with Crippen molar-refractivity contribution >= 4 is 0 Å². The monoisotopic (exact) mass is 268 g/mol. The van der Waals surface area contributed by atoms with Crippen LogP contribution in [0.25, 0.3) is 5.69 Å². The van der Waals surface area contributed by atoms with Crippen molar-refractivity contribution in [2.24, 2.45) is 5.73 Å². The minimum atomic E-state index is -4.44. The summed E-state index contributed by atoms with van der Waals surface area (Å²) in [6, 6.07) is 7.72. The van der Waals surface area contributed by atoms with Gasteiger partial charge in [-0.25, -0.2) is 0 Å². The molecular formula is C13H11F3N2O. The Hall–Kier alpha value is -2.08. The van der Waals surface area contributed by atoms with Crippen LogP contribution in [-0.4, -0.2) is 4.57 Å². The smallest absolute Gasteiger partial charge is 0.326 e. The number of nitrogens with zero attached hydrogens (tertiary/aromatic N) is 1. The Labute approximate surface area is 107 Å². The molecule has 0 aliphatic heterocycles. The van der Waals surface area contributed by atoms with E-state index in [0.717, 1.165) is 16.7 Å². The maximum atomic E-state index is 12.6. The van der Waals surface area contributed by atoms with Crippen LogP contribution in [0.4, 0.5) is 13.2 Å². The van der Waals surface area contributed by atoms with E-state index in [4.69, 9.17) is 5.73 Å². The highest BCUT2D eigenvalue weighted by atomic mass is 19.4. The molecular weight excluding hydrogens is 257 g/mol. The molecule has 0 spiro atoms. The Morgan fingerprint density at radius 2 is 1.89 bits per heavy atom. The Morgan fingerprint density at radius 3 is 2.53 bits per heavy atom. The summed E-state index contributed by atoms with van der Waals surface area (Å²) in [6.45, 7) is 0.0403. The van der Waals surface area contributed by atoms with E-state index in [1.165, 1.54) is 18.3 Å². The van der Waals surface area contributed by atoms with Gasteiger partial charge in [-0.3, -0.25) is 9.36 Å². The van der Waals surface area contributed by atoms with Crippen molar-refractivity contribution in [3.63, 3.8) is 0 Å². The van der Waals surface area contributed by atoms with Crippen molar-refractivity contribution in [1.82, 2.24) is 4.57 Å². The zero-order valence-corrected chi connectivity index (χ0v) is 9.82. The largest absolute Gasteiger partial charge is 0.416 e. The van der Waals surface area contributed by atoms with Crippen molar-refractivity contribution in [2.45, 2.75) is 12.7 Å². The van der Waals surface area contributed by atoms with E-state index in [1.54, 1.807) is 12.1 Å². The van der Waals surface area contributed by atoms with Gasteiger partial charge in [-0.15, -0.1) is 0 Å². The second kappa shape index (κ2) is 4.89. The molecule has 6 heteroatoms. The van der Waals surface area contributed by atoms with E-state index in [9.17, 15) is 18.0 Å². The topological polar surface area (TPSA) is 48.0 Å². The summed E-state index contributed by atoms with van der Waals surface area (Å²) in [6.07, 6.45) is -3.03. The fourth-order valence-corrected chi connectivity index (χ4v) is 1.73. The first-order chi connectivity index (χ1) is 8.93. The number of pyridine rings is 1. The molecule has 0 radical (unpaired) electrons. The van der Waals surface area contributed by atoms with Gasteiger partial charge in [-0.2, -0.15) is 13.2 Å². The third-order valence-electron chi connectivity index (χ3n) is 2.70. The van der Waals surface area contributed by atoms with Crippen LogP contribution < -0.4 is 11.3 Å². The number of alkyl halides is 3. The lowest BCUT2D eigenvalue weighted by Crippen LogP contribution is -2.23. The molecule has 1 aromatic carbocycles. The minimum Gasteiger partial charge on any atom is -0.326 e. The first-order valence-corrected chi connectivity index (χ1v) is 5.51. The standard InChI is InChI=1S/C13H11F3N2O/c14-13(15,16)10-4-1-5-11(7-10)18-6-2-3-9(8-17)12(18)19/h1-7H,8,17H2. The fraction of sp³-hybridized carbons (Fsp3) is 0.154. The van der Waals surface area contributed by atoms with Gasteiger partial charge in [0, 0.05) is 24.0 Å². The summed E-state index contributed by atoms with van der Waals surface area (Å²) < 4.78 is 39.0. The highest BCUT2D eigenvalue weighted by Gasteiger charge is 2.30. The van der Waals surface area contributed by atoms with Gasteiger partial charge in [0.2, 0.25) is 0 Å². The summed E-state index contributed by atoms with van der Waals surface area (Å²) in [5.74, 6) is 0. The third kappa shape index (κ3) is 2.68. The molecule has 0 atom stereocenters. The van der Waals surface area contributed by atoms with Crippen molar-refractivity contribution < 1.29 is 13.2 Å². The number of nitrogens with two attached hydrogens (primary N) is 1. The lowest BCUT2D eigenvalue weighted by atomic mass is 10.2. The van der Waals surface area contributed by atoms with Crippen molar-refractivity contribution in [2.75, 3.05) is 0 Å². The van der Waals surface area contributed by atoms with Crippen LogP contribution in [0, 0.1) is 0 Å². The van der Waals surface area contributed by atoms with Gasteiger partial charge in [0.05, 0.1) is 5.56 Å². The number of benzene rings is 1. The normalized spacial score (nSPS) is 11.6. The Morgan fingerprint density at radius 1 is 1.16 bits per heavy atom. The van der Waals surface area contributed by atoms with Crippen molar-refractivity contribution in [1.29, 1.82) is 0 Å². The molecule has 100 valence electrons. The van der Waals surface area contributed by atoms with Gasteiger partial charge < -0.3 is 5.73 Å². The minimum absolute atomic E-state index is 0.0403. The third-order valence-corrected chi connectivity index (χ3v) is 2.70. The number of hydrogen-bond donors (Lipinski definition) is 1. The molecule has 0 saturated heterocycles. The van der Waals surface area contributed by atoms with Crippen LogP contribution in [0.1, 0.15) is 11.1 Å². The van der Waals surface area contributed by atoms with Gasteiger partial charge >= 0.3 is 6.18 Å². The van der Waals surface area contributed by atoms with Gasteiger partial charge in [0.15, 0.2) is 0 Å². The Bertz CT molecular complexity index is 647. The highest BCUT2D eigenvalue weighted by Crippen LogP contribution is 2.30. The summed E-state index contributed by atoms with van der Waals surface area (Å²) in [5, 5.41) is 0. The molecule has 1 aromatic heterocycles. The van der Waals surface area contributed by atoms with Gasteiger partial charge in [0.25, 0.3) is 5.56 Å². The molecule has 0 unspecified atom stereocenters. The van der Waals surface area contributed by atoms with E-state index >= 15 is 0 Å². The second-order valence-corrected chi connectivity index (χ2v) is 3.96. The molecule has 1 heterocycles. The van der Waals surface area contributed by atoms with Gasteiger partial charge in [-0.05, 0) is 24.3 Å². The predicted molar refractivity (Wildman–Crippen MR) is 64.9 cm³/mol. The van der Waals surface area contributed by atoms with Crippen LogP contribution in [0.5, 0.6) is 0 Å². The molecule has 19 heavy (non-hydrogen) atoms. The Balaban J connectivity index is 2.57. The second-order valence-electron chi connectivity index (χ2n) is 3.96. The molecule has 0 bridgehead atoms. The number of halogens is 3. The zero-order chi connectivity index (χ0) is 14.0. The lowest BCUT2D eigenvalue weighted by molar-refractivity contribution is -0.137. The lowest BCUT2D eigenvalue weighted by Gasteiger charge is -2.11. The molecule has 0 amide bonds. The Kier molecular flexibility index (Phi) is 3.44.